The maximum absolute atomic E-state index is 12.1. The first-order valence-corrected chi connectivity index (χ1v) is 6.21. The second-order valence-corrected chi connectivity index (χ2v) is 4.94. The fourth-order valence-corrected chi connectivity index (χ4v) is 2.10. The Morgan fingerprint density at radius 1 is 1.39 bits per heavy atom. The second kappa shape index (κ2) is 5.21. The molecule has 2 rings (SSSR count). The van der Waals surface area contributed by atoms with Crippen LogP contribution in [0.15, 0.2) is 24.5 Å². The Labute approximate surface area is 106 Å². The molecule has 96 valence electrons. The van der Waals surface area contributed by atoms with E-state index in [4.69, 9.17) is 4.74 Å². The standard InChI is InChI=1S/C14H18N2O2/c1-9(2)8-10(3)18-14(17)12-5-7-16-13-11(12)4-6-15-13/h4-7,9-10H,8H2,1-3H3,(H,15,16). The van der Waals surface area contributed by atoms with Gasteiger partial charge in [-0.3, -0.25) is 0 Å². The van der Waals surface area contributed by atoms with Gasteiger partial charge in [-0.25, -0.2) is 9.78 Å². The molecule has 0 fully saturated rings. The largest absolute Gasteiger partial charge is 0.459 e. The number of nitrogens with one attached hydrogen (secondary N) is 1. The lowest BCUT2D eigenvalue weighted by Crippen LogP contribution is -2.17. The average Bonchev–Trinajstić information content (AvgIpc) is 2.74. The topological polar surface area (TPSA) is 55.0 Å². The van der Waals surface area contributed by atoms with E-state index in [0.717, 1.165) is 11.8 Å². The molecule has 0 bridgehead atoms. The number of aromatic nitrogens is 2. The first kappa shape index (κ1) is 12.6. The number of ether oxygens (including phenoxy) is 1. The van der Waals surface area contributed by atoms with E-state index in [0.29, 0.717) is 17.1 Å². The zero-order valence-corrected chi connectivity index (χ0v) is 10.9. The Morgan fingerprint density at radius 3 is 2.89 bits per heavy atom. The molecule has 1 atom stereocenters. The number of pyridine rings is 1. The summed E-state index contributed by atoms with van der Waals surface area (Å²) in [6, 6.07) is 3.53. The van der Waals surface area contributed by atoms with Gasteiger partial charge in [-0.1, -0.05) is 13.8 Å². The van der Waals surface area contributed by atoms with Crippen molar-refractivity contribution >= 4 is 17.0 Å². The van der Waals surface area contributed by atoms with E-state index in [1.165, 1.54) is 0 Å². The van der Waals surface area contributed by atoms with E-state index in [9.17, 15) is 4.79 Å². The van der Waals surface area contributed by atoms with Gasteiger partial charge in [0.15, 0.2) is 0 Å². The summed E-state index contributed by atoms with van der Waals surface area (Å²) in [5, 5.41) is 0.805. The molecule has 2 heterocycles. The van der Waals surface area contributed by atoms with Gasteiger partial charge < -0.3 is 9.72 Å². The van der Waals surface area contributed by atoms with Gasteiger partial charge in [0.25, 0.3) is 0 Å². The first-order chi connectivity index (χ1) is 8.58. The van der Waals surface area contributed by atoms with Gasteiger partial charge in [-0.05, 0) is 31.4 Å². The van der Waals surface area contributed by atoms with Crippen molar-refractivity contribution in [2.24, 2.45) is 5.92 Å². The molecule has 0 radical (unpaired) electrons. The van der Waals surface area contributed by atoms with Crippen molar-refractivity contribution in [2.45, 2.75) is 33.3 Å². The summed E-state index contributed by atoms with van der Waals surface area (Å²) in [7, 11) is 0. The van der Waals surface area contributed by atoms with Gasteiger partial charge in [0.1, 0.15) is 5.65 Å². The molecule has 0 amide bonds. The number of rotatable bonds is 4. The number of fused-ring (bicyclic) bond motifs is 1. The summed E-state index contributed by atoms with van der Waals surface area (Å²) < 4.78 is 5.44. The van der Waals surface area contributed by atoms with Crippen molar-refractivity contribution in [1.82, 2.24) is 9.97 Å². The van der Waals surface area contributed by atoms with Gasteiger partial charge in [0.2, 0.25) is 0 Å². The van der Waals surface area contributed by atoms with Gasteiger partial charge in [0, 0.05) is 17.8 Å². The molecule has 1 N–H and O–H groups in total. The molecule has 18 heavy (non-hydrogen) atoms. The van der Waals surface area contributed by atoms with Crippen LogP contribution in [0.2, 0.25) is 0 Å². The molecule has 4 nitrogen and oxygen atoms in total. The minimum Gasteiger partial charge on any atom is -0.459 e. The van der Waals surface area contributed by atoms with Gasteiger partial charge in [0.05, 0.1) is 11.7 Å². The summed E-state index contributed by atoms with van der Waals surface area (Å²) in [5.74, 6) is 0.229. The van der Waals surface area contributed by atoms with E-state index in [1.54, 1.807) is 18.5 Å². The fourth-order valence-electron chi connectivity index (χ4n) is 2.10. The Bertz CT molecular complexity index is 545. The number of aromatic amines is 1. The lowest BCUT2D eigenvalue weighted by molar-refractivity contribution is 0.0302. The van der Waals surface area contributed by atoms with Crippen LogP contribution in [0.3, 0.4) is 0 Å². The van der Waals surface area contributed by atoms with Crippen molar-refractivity contribution in [3.63, 3.8) is 0 Å². The lowest BCUT2D eigenvalue weighted by atomic mass is 10.1. The quantitative estimate of drug-likeness (QED) is 0.843. The van der Waals surface area contributed by atoms with Crippen LogP contribution in [0, 0.1) is 5.92 Å². The fraction of sp³-hybridized carbons (Fsp3) is 0.429. The summed E-state index contributed by atoms with van der Waals surface area (Å²) in [5.41, 5.74) is 1.28. The maximum Gasteiger partial charge on any atom is 0.339 e. The van der Waals surface area contributed by atoms with E-state index >= 15 is 0 Å². The summed E-state index contributed by atoms with van der Waals surface area (Å²) in [6.07, 6.45) is 4.18. The molecule has 0 aliphatic heterocycles. The second-order valence-electron chi connectivity index (χ2n) is 4.94. The van der Waals surface area contributed by atoms with E-state index in [2.05, 4.69) is 23.8 Å². The van der Waals surface area contributed by atoms with Crippen LogP contribution in [0.1, 0.15) is 37.6 Å². The Balaban J connectivity index is 2.16. The minimum absolute atomic E-state index is 0.0698. The molecule has 4 heteroatoms. The summed E-state index contributed by atoms with van der Waals surface area (Å²) in [6.45, 7) is 6.15. The predicted octanol–water partition coefficient (Wildman–Crippen LogP) is 3.15. The normalized spacial score (nSPS) is 12.9. The van der Waals surface area contributed by atoms with Crippen LogP contribution in [0.25, 0.3) is 11.0 Å². The van der Waals surface area contributed by atoms with Crippen LogP contribution in [0.5, 0.6) is 0 Å². The highest BCUT2D eigenvalue weighted by Crippen LogP contribution is 2.18. The van der Waals surface area contributed by atoms with Crippen LogP contribution < -0.4 is 0 Å². The zero-order valence-electron chi connectivity index (χ0n) is 10.9. The first-order valence-electron chi connectivity index (χ1n) is 6.21. The summed E-state index contributed by atoms with van der Waals surface area (Å²) >= 11 is 0. The molecule has 1 unspecified atom stereocenters. The number of hydrogen-bond acceptors (Lipinski definition) is 3. The van der Waals surface area contributed by atoms with Gasteiger partial charge >= 0.3 is 5.97 Å². The third-order valence-corrected chi connectivity index (χ3v) is 2.79. The molecule has 2 aromatic rings. The monoisotopic (exact) mass is 246 g/mol. The molecule has 0 aliphatic carbocycles. The van der Waals surface area contributed by atoms with Crippen molar-refractivity contribution in [2.75, 3.05) is 0 Å². The average molecular weight is 246 g/mol. The van der Waals surface area contributed by atoms with Crippen LogP contribution in [0.4, 0.5) is 0 Å². The minimum atomic E-state index is -0.282. The zero-order chi connectivity index (χ0) is 13.1. The number of nitrogens with zero attached hydrogens (tertiary/aromatic N) is 1. The van der Waals surface area contributed by atoms with Crippen LogP contribution in [-0.4, -0.2) is 22.0 Å². The molecular formula is C14H18N2O2. The molecule has 0 aliphatic rings. The van der Waals surface area contributed by atoms with E-state index in [-0.39, 0.29) is 12.1 Å². The number of carbonyl (C=O) groups is 1. The van der Waals surface area contributed by atoms with E-state index < -0.39 is 0 Å². The van der Waals surface area contributed by atoms with Crippen molar-refractivity contribution in [3.05, 3.63) is 30.1 Å². The molecule has 0 saturated carbocycles. The number of esters is 1. The molecule has 0 aromatic carbocycles. The highest BCUT2D eigenvalue weighted by Gasteiger charge is 2.16. The van der Waals surface area contributed by atoms with Gasteiger partial charge in [-0.2, -0.15) is 0 Å². The highest BCUT2D eigenvalue weighted by molar-refractivity contribution is 6.02. The van der Waals surface area contributed by atoms with Gasteiger partial charge in [-0.15, -0.1) is 0 Å². The molecular weight excluding hydrogens is 228 g/mol. The van der Waals surface area contributed by atoms with Crippen molar-refractivity contribution in [1.29, 1.82) is 0 Å². The third kappa shape index (κ3) is 2.70. The lowest BCUT2D eigenvalue weighted by Gasteiger charge is -2.15. The Morgan fingerprint density at radius 2 is 2.17 bits per heavy atom. The Hall–Kier alpha value is -1.84. The van der Waals surface area contributed by atoms with E-state index in [1.807, 2.05) is 13.0 Å². The maximum atomic E-state index is 12.1. The number of H-pyrrole nitrogens is 1. The third-order valence-electron chi connectivity index (χ3n) is 2.79. The molecule has 0 saturated heterocycles. The Kier molecular flexibility index (Phi) is 3.65. The van der Waals surface area contributed by atoms with Crippen LogP contribution in [-0.2, 0) is 4.74 Å². The SMILES string of the molecule is CC(C)CC(C)OC(=O)c1ccnc2[nH]ccc12. The predicted molar refractivity (Wildman–Crippen MR) is 70.4 cm³/mol. The summed E-state index contributed by atoms with van der Waals surface area (Å²) in [4.78, 5) is 19.2. The van der Waals surface area contributed by atoms with Crippen LogP contribution >= 0.6 is 0 Å². The smallest absolute Gasteiger partial charge is 0.339 e. The highest BCUT2D eigenvalue weighted by atomic mass is 16.5. The number of hydrogen-bond donors (Lipinski definition) is 1. The van der Waals surface area contributed by atoms with Crippen molar-refractivity contribution in [3.8, 4) is 0 Å². The van der Waals surface area contributed by atoms with Crippen molar-refractivity contribution < 1.29 is 9.53 Å². The number of carbonyl (C=O) groups excluding carboxylic acids is 1. The molecule has 2 aromatic heterocycles. The molecule has 0 spiro atoms.